The summed E-state index contributed by atoms with van der Waals surface area (Å²) >= 11 is 0. The van der Waals surface area contributed by atoms with E-state index < -0.39 is 5.97 Å². The molecule has 0 spiro atoms. The lowest BCUT2D eigenvalue weighted by molar-refractivity contribution is -0.131. The summed E-state index contributed by atoms with van der Waals surface area (Å²) in [6.07, 6.45) is 4.72. The van der Waals surface area contributed by atoms with Crippen LogP contribution in [0.4, 0.5) is 0 Å². The highest BCUT2D eigenvalue weighted by Crippen LogP contribution is 1.87. The molecule has 0 bridgehead atoms. The van der Waals surface area contributed by atoms with Gasteiger partial charge in [0, 0.05) is 12.7 Å². The topological polar surface area (TPSA) is 46.5 Å². The minimum Gasteiger partial charge on any atom is -0.478 e. The lowest BCUT2D eigenvalue weighted by Crippen LogP contribution is -1.94. The molecule has 0 fully saturated rings. The number of ether oxygens (including phenoxy) is 1. The van der Waals surface area contributed by atoms with Gasteiger partial charge in [-0.25, -0.2) is 4.79 Å². The van der Waals surface area contributed by atoms with Gasteiger partial charge in [0.2, 0.25) is 0 Å². The Kier molecular flexibility index (Phi) is 6.73. The van der Waals surface area contributed by atoms with Crippen LogP contribution in [0.5, 0.6) is 0 Å². The molecule has 0 rings (SSSR count). The minimum atomic E-state index is -0.927. The normalized spacial score (nSPS) is 10.6. The first-order valence-electron chi connectivity index (χ1n) is 3.74. The second-order valence-corrected chi connectivity index (χ2v) is 2.17. The zero-order valence-electron chi connectivity index (χ0n) is 6.75. The van der Waals surface area contributed by atoms with Crippen LogP contribution < -0.4 is 0 Å². The summed E-state index contributed by atoms with van der Waals surface area (Å²) in [6.45, 7) is 3.18. The van der Waals surface area contributed by atoms with Gasteiger partial charge in [-0.1, -0.05) is 19.4 Å². The van der Waals surface area contributed by atoms with E-state index in [9.17, 15) is 4.79 Å². The average molecular weight is 158 g/mol. The van der Waals surface area contributed by atoms with Crippen LogP contribution >= 0.6 is 0 Å². The number of carboxylic acid groups (broad SMARTS) is 1. The second-order valence-electron chi connectivity index (χ2n) is 2.17. The first kappa shape index (κ1) is 10.2. The minimum absolute atomic E-state index is 0.395. The molecular formula is C8H14O3. The van der Waals surface area contributed by atoms with Crippen LogP contribution in [-0.2, 0) is 9.53 Å². The lowest BCUT2D eigenvalue weighted by Gasteiger charge is -1.96. The maximum atomic E-state index is 9.95. The molecule has 0 aromatic carbocycles. The molecule has 0 aliphatic carbocycles. The summed E-state index contributed by atoms with van der Waals surface area (Å²) in [5.41, 5.74) is 0. The number of hydrogen-bond acceptors (Lipinski definition) is 2. The summed E-state index contributed by atoms with van der Waals surface area (Å²) in [7, 11) is 0. The number of aliphatic carboxylic acids is 1. The van der Waals surface area contributed by atoms with Crippen LogP contribution in [0.2, 0.25) is 0 Å². The molecule has 0 saturated carbocycles. The summed E-state index contributed by atoms with van der Waals surface area (Å²) in [5, 5.41) is 8.17. The molecule has 3 heteroatoms. The summed E-state index contributed by atoms with van der Waals surface area (Å²) < 4.78 is 5.07. The van der Waals surface area contributed by atoms with Crippen molar-refractivity contribution in [3.05, 3.63) is 12.2 Å². The van der Waals surface area contributed by atoms with Gasteiger partial charge in [0.1, 0.15) is 0 Å². The smallest absolute Gasteiger partial charge is 0.328 e. The van der Waals surface area contributed by atoms with E-state index in [0.717, 1.165) is 18.9 Å². The highest BCUT2D eigenvalue weighted by Gasteiger charge is 1.85. The zero-order chi connectivity index (χ0) is 8.53. The Morgan fingerprint density at radius 2 is 2.36 bits per heavy atom. The number of unbranched alkanes of at least 4 members (excludes halogenated alkanes) is 1. The molecule has 64 valence electrons. The molecule has 0 heterocycles. The summed E-state index contributed by atoms with van der Waals surface area (Å²) in [6, 6.07) is 0. The van der Waals surface area contributed by atoms with E-state index in [0.29, 0.717) is 13.2 Å². The maximum absolute atomic E-state index is 9.95. The van der Waals surface area contributed by atoms with Crippen molar-refractivity contribution >= 4 is 5.97 Å². The lowest BCUT2D eigenvalue weighted by atomic mass is 10.4. The van der Waals surface area contributed by atoms with Gasteiger partial charge in [-0.15, -0.1) is 0 Å². The van der Waals surface area contributed by atoms with Crippen LogP contribution in [0.15, 0.2) is 12.2 Å². The third kappa shape index (κ3) is 9.17. The molecule has 0 saturated heterocycles. The van der Waals surface area contributed by atoms with Crippen molar-refractivity contribution in [3.8, 4) is 0 Å². The number of carboxylic acids is 1. The van der Waals surface area contributed by atoms with Crippen molar-refractivity contribution in [2.75, 3.05) is 13.2 Å². The zero-order valence-corrected chi connectivity index (χ0v) is 6.75. The molecule has 0 radical (unpaired) electrons. The fraction of sp³-hybridized carbons (Fsp3) is 0.625. The van der Waals surface area contributed by atoms with Crippen LogP contribution in [0.3, 0.4) is 0 Å². The Balaban J connectivity index is 3.07. The standard InChI is InChI=1S/C8H14O3/c1-2-3-6-11-7-4-5-8(9)10/h4-5H,2-3,6-7H2,1H3,(H,9,10)/b5-4+. The number of hydrogen-bond donors (Lipinski definition) is 1. The van der Waals surface area contributed by atoms with Gasteiger partial charge in [0.15, 0.2) is 0 Å². The van der Waals surface area contributed by atoms with Crippen LogP contribution in [0.1, 0.15) is 19.8 Å². The first-order valence-corrected chi connectivity index (χ1v) is 3.74. The third-order valence-electron chi connectivity index (χ3n) is 1.12. The monoisotopic (exact) mass is 158 g/mol. The molecule has 0 aliphatic heterocycles. The highest BCUT2D eigenvalue weighted by atomic mass is 16.5. The molecule has 1 N–H and O–H groups in total. The Morgan fingerprint density at radius 3 is 2.91 bits per heavy atom. The maximum Gasteiger partial charge on any atom is 0.328 e. The fourth-order valence-electron chi connectivity index (χ4n) is 0.547. The molecule has 3 nitrogen and oxygen atoms in total. The fourth-order valence-corrected chi connectivity index (χ4v) is 0.547. The molecular weight excluding hydrogens is 144 g/mol. The van der Waals surface area contributed by atoms with Gasteiger partial charge in [-0.05, 0) is 6.42 Å². The largest absolute Gasteiger partial charge is 0.478 e. The molecule has 0 atom stereocenters. The Bertz CT molecular complexity index is 129. The predicted molar refractivity (Wildman–Crippen MR) is 42.5 cm³/mol. The Morgan fingerprint density at radius 1 is 1.64 bits per heavy atom. The van der Waals surface area contributed by atoms with E-state index in [-0.39, 0.29) is 0 Å². The quantitative estimate of drug-likeness (QED) is 0.470. The number of carbonyl (C=O) groups is 1. The SMILES string of the molecule is CCCCOC/C=C/C(=O)O. The van der Waals surface area contributed by atoms with Gasteiger partial charge in [0.25, 0.3) is 0 Å². The average Bonchev–Trinajstić information content (AvgIpc) is 1.96. The number of rotatable bonds is 6. The van der Waals surface area contributed by atoms with E-state index >= 15 is 0 Å². The second kappa shape index (κ2) is 7.28. The van der Waals surface area contributed by atoms with Crippen molar-refractivity contribution < 1.29 is 14.6 Å². The molecule has 0 aliphatic rings. The van der Waals surface area contributed by atoms with Gasteiger partial charge in [0.05, 0.1) is 6.61 Å². The predicted octanol–water partition coefficient (Wildman–Crippen LogP) is 1.44. The Labute approximate surface area is 66.7 Å². The van der Waals surface area contributed by atoms with E-state index in [1.54, 1.807) is 0 Å². The first-order chi connectivity index (χ1) is 5.27. The molecule has 0 amide bonds. The van der Waals surface area contributed by atoms with Crippen molar-refractivity contribution in [1.29, 1.82) is 0 Å². The van der Waals surface area contributed by atoms with Crippen LogP contribution in [-0.4, -0.2) is 24.3 Å². The third-order valence-corrected chi connectivity index (χ3v) is 1.12. The van der Waals surface area contributed by atoms with Gasteiger partial charge < -0.3 is 9.84 Å². The van der Waals surface area contributed by atoms with Crippen molar-refractivity contribution in [2.45, 2.75) is 19.8 Å². The summed E-state index contributed by atoms with van der Waals surface area (Å²) in [5.74, 6) is -0.927. The van der Waals surface area contributed by atoms with E-state index in [4.69, 9.17) is 9.84 Å². The van der Waals surface area contributed by atoms with E-state index in [2.05, 4.69) is 6.92 Å². The molecule has 0 aromatic rings. The van der Waals surface area contributed by atoms with Gasteiger partial charge >= 0.3 is 5.97 Å². The van der Waals surface area contributed by atoms with Crippen LogP contribution in [0, 0.1) is 0 Å². The molecule has 11 heavy (non-hydrogen) atoms. The van der Waals surface area contributed by atoms with E-state index in [1.807, 2.05) is 0 Å². The van der Waals surface area contributed by atoms with Gasteiger partial charge in [-0.3, -0.25) is 0 Å². The van der Waals surface area contributed by atoms with Gasteiger partial charge in [-0.2, -0.15) is 0 Å². The van der Waals surface area contributed by atoms with Crippen molar-refractivity contribution in [3.63, 3.8) is 0 Å². The van der Waals surface area contributed by atoms with E-state index in [1.165, 1.54) is 6.08 Å². The molecule has 0 unspecified atom stereocenters. The Hall–Kier alpha value is -0.830. The molecule has 0 aromatic heterocycles. The van der Waals surface area contributed by atoms with Crippen molar-refractivity contribution in [1.82, 2.24) is 0 Å². The van der Waals surface area contributed by atoms with Crippen molar-refractivity contribution in [2.24, 2.45) is 0 Å². The highest BCUT2D eigenvalue weighted by molar-refractivity contribution is 5.79. The van der Waals surface area contributed by atoms with Crippen LogP contribution in [0.25, 0.3) is 0 Å². The summed E-state index contributed by atoms with van der Waals surface area (Å²) in [4.78, 5) is 9.95.